The van der Waals surface area contributed by atoms with Gasteiger partial charge < -0.3 is 19.7 Å². The topological polar surface area (TPSA) is 62.2 Å². The number of hydrogen-bond acceptors (Lipinski definition) is 5. The molecule has 5 nitrogen and oxygen atoms in total. The molecule has 0 radical (unpaired) electrons. The van der Waals surface area contributed by atoms with Crippen LogP contribution in [0.1, 0.15) is 43.1 Å². The lowest BCUT2D eigenvalue weighted by atomic mass is 9.86. The number of fused-ring (bicyclic) bond motifs is 1. The Bertz CT molecular complexity index is 1240. The fourth-order valence-electron chi connectivity index (χ4n) is 4.95. The van der Waals surface area contributed by atoms with Crippen LogP contribution in [0.4, 0.5) is 4.39 Å². The van der Waals surface area contributed by atoms with Gasteiger partial charge in [-0.2, -0.15) is 0 Å². The van der Waals surface area contributed by atoms with Crippen LogP contribution in [0.3, 0.4) is 0 Å². The highest BCUT2D eigenvalue weighted by atomic mass is 19.1. The predicted octanol–water partition coefficient (Wildman–Crippen LogP) is 6.18. The lowest BCUT2D eigenvalue weighted by Gasteiger charge is -2.31. The van der Waals surface area contributed by atoms with Gasteiger partial charge in [0.25, 0.3) is 0 Å². The average Bonchev–Trinajstić information content (AvgIpc) is 3.29. The molecule has 5 rings (SSSR count). The molecule has 0 aliphatic carbocycles. The fraction of sp³-hybridized carbons (Fsp3) is 0.310. The Labute approximate surface area is 205 Å². The van der Waals surface area contributed by atoms with Crippen molar-refractivity contribution in [2.24, 2.45) is 5.92 Å². The molecule has 0 amide bonds. The van der Waals surface area contributed by atoms with E-state index in [1.807, 2.05) is 42.2 Å². The van der Waals surface area contributed by atoms with Crippen molar-refractivity contribution in [3.05, 3.63) is 83.4 Å². The van der Waals surface area contributed by atoms with Crippen molar-refractivity contribution in [2.45, 2.75) is 32.7 Å². The Hall–Kier alpha value is -3.51. The molecule has 1 fully saturated rings. The Morgan fingerprint density at radius 1 is 1.06 bits per heavy atom. The van der Waals surface area contributed by atoms with E-state index in [4.69, 9.17) is 9.47 Å². The summed E-state index contributed by atoms with van der Waals surface area (Å²) in [5.41, 5.74) is 4.41. The summed E-state index contributed by atoms with van der Waals surface area (Å²) in [5, 5.41) is 20.1. The van der Waals surface area contributed by atoms with Crippen molar-refractivity contribution in [3.63, 3.8) is 0 Å². The molecule has 0 bridgehead atoms. The first-order chi connectivity index (χ1) is 16.9. The zero-order chi connectivity index (χ0) is 24.5. The highest BCUT2D eigenvalue weighted by Crippen LogP contribution is 2.47. The quantitative estimate of drug-likeness (QED) is 0.417. The number of likely N-dealkylation sites (tertiary alicyclic amines) is 1. The number of ether oxygens (including phenoxy) is 2. The first-order valence-electron chi connectivity index (χ1n) is 12.0. The van der Waals surface area contributed by atoms with Crippen LogP contribution >= 0.6 is 0 Å². The van der Waals surface area contributed by atoms with Gasteiger partial charge in [0.15, 0.2) is 6.30 Å². The van der Waals surface area contributed by atoms with E-state index >= 15 is 0 Å². The van der Waals surface area contributed by atoms with E-state index in [1.54, 1.807) is 36.4 Å². The normalized spacial score (nSPS) is 20.9. The van der Waals surface area contributed by atoms with Gasteiger partial charge in [-0.05, 0) is 78.4 Å². The third-order valence-corrected chi connectivity index (χ3v) is 6.86. The minimum Gasteiger partial charge on any atom is -0.508 e. The summed E-state index contributed by atoms with van der Waals surface area (Å²) in [5.74, 6) is 2.13. The van der Waals surface area contributed by atoms with Crippen molar-refractivity contribution in [3.8, 4) is 23.0 Å². The molecule has 6 heteroatoms. The Balaban J connectivity index is 1.41. The zero-order valence-corrected chi connectivity index (χ0v) is 19.9. The van der Waals surface area contributed by atoms with Crippen LogP contribution in [0.25, 0.3) is 11.1 Å². The van der Waals surface area contributed by atoms with E-state index in [0.717, 1.165) is 47.3 Å². The smallest absolute Gasteiger partial charge is 0.187 e. The Morgan fingerprint density at radius 2 is 1.83 bits per heavy atom. The molecule has 3 unspecified atom stereocenters. The molecule has 3 atom stereocenters. The third-order valence-electron chi connectivity index (χ3n) is 6.86. The second-order valence-electron chi connectivity index (χ2n) is 9.47. The largest absolute Gasteiger partial charge is 0.508 e. The van der Waals surface area contributed by atoms with Crippen molar-refractivity contribution in [1.82, 2.24) is 4.90 Å². The number of nitrogens with zero attached hydrogens (tertiary/aromatic N) is 1. The van der Waals surface area contributed by atoms with E-state index < -0.39 is 12.4 Å². The van der Waals surface area contributed by atoms with Crippen LogP contribution in [0.2, 0.25) is 0 Å². The zero-order valence-electron chi connectivity index (χ0n) is 19.9. The van der Waals surface area contributed by atoms with Gasteiger partial charge in [0.2, 0.25) is 0 Å². The van der Waals surface area contributed by atoms with Crippen molar-refractivity contribution >= 4 is 11.1 Å². The Kier molecular flexibility index (Phi) is 6.39. The summed E-state index contributed by atoms with van der Waals surface area (Å²) in [6.07, 6.45) is -0.520. The summed E-state index contributed by atoms with van der Waals surface area (Å²) in [7, 11) is 0. The van der Waals surface area contributed by atoms with Crippen LogP contribution in [0, 0.1) is 5.92 Å². The van der Waals surface area contributed by atoms with Gasteiger partial charge in [0.1, 0.15) is 35.7 Å². The standard InChI is InChI=1S/C29H30FNO4/c1-18-12-13-31(16-18)27(30)17-34-24-9-6-20(7-10-24)29-28(21-4-3-5-22(32)14-21)19(2)25-15-23(33)8-11-26(25)35-29/h3-11,14-15,18,27,29,32-33H,12-13,16-17H2,1-2H3. The number of phenolic OH excluding ortho intramolecular Hbond substituents is 2. The second kappa shape index (κ2) is 9.62. The van der Waals surface area contributed by atoms with Crippen molar-refractivity contribution in [2.75, 3.05) is 19.7 Å². The molecular weight excluding hydrogens is 445 g/mol. The number of allylic oxidation sites excluding steroid dienone is 1. The molecule has 2 N–H and O–H groups in total. The maximum Gasteiger partial charge on any atom is 0.187 e. The van der Waals surface area contributed by atoms with Crippen LogP contribution in [-0.2, 0) is 0 Å². The van der Waals surface area contributed by atoms with E-state index in [-0.39, 0.29) is 18.1 Å². The molecule has 2 aliphatic heterocycles. The van der Waals surface area contributed by atoms with E-state index in [1.165, 1.54) is 0 Å². The van der Waals surface area contributed by atoms with Crippen LogP contribution in [-0.4, -0.2) is 41.1 Å². The minimum absolute atomic E-state index is 0.00355. The van der Waals surface area contributed by atoms with Gasteiger partial charge in [0, 0.05) is 24.2 Å². The molecule has 0 aromatic heterocycles. The number of hydrogen-bond donors (Lipinski definition) is 2. The van der Waals surface area contributed by atoms with Crippen LogP contribution in [0.15, 0.2) is 66.7 Å². The molecule has 0 saturated carbocycles. The molecule has 1 saturated heterocycles. The molecule has 0 spiro atoms. The second-order valence-corrected chi connectivity index (χ2v) is 9.47. The minimum atomic E-state index is -1.11. The SMILES string of the molecule is CC1=C(c2cccc(O)c2)C(c2ccc(OCC(F)N3CCC(C)C3)cc2)Oc2ccc(O)cc21. The molecule has 182 valence electrons. The number of aromatic hydroxyl groups is 2. The lowest BCUT2D eigenvalue weighted by Crippen LogP contribution is -2.34. The maximum absolute atomic E-state index is 14.6. The summed E-state index contributed by atoms with van der Waals surface area (Å²) in [4.78, 5) is 1.83. The van der Waals surface area contributed by atoms with Gasteiger partial charge in [-0.25, -0.2) is 4.39 Å². The summed E-state index contributed by atoms with van der Waals surface area (Å²) >= 11 is 0. The lowest BCUT2D eigenvalue weighted by molar-refractivity contribution is 0.0552. The number of alkyl halides is 1. The van der Waals surface area contributed by atoms with Crippen LogP contribution < -0.4 is 9.47 Å². The maximum atomic E-state index is 14.6. The third kappa shape index (κ3) is 4.84. The number of rotatable bonds is 6. The summed E-state index contributed by atoms with van der Waals surface area (Å²) in [6.45, 7) is 5.67. The first kappa shape index (κ1) is 23.2. The van der Waals surface area contributed by atoms with Gasteiger partial charge in [-0.15, -0.1) is 0 Å². The molecule has 35 heavy (non-hydrogen) atoms. The monoisotopic (exact) mass is 475 g/mol. The molecular formula is C29H30FNO4. The van der Waals surface area contributed by atoms with E-state index in [0.29, 0.717) is 17.4 Å². The number of benzene rings is 3. The molecule has 2 heterocycles. The molecule has 2 aliphatic rings. The van der Waals surface area contributed by atoms with Crippen LogP contribution in [0.5, 0.6) is 23.0 Å². The molecule has 3 aromatic carbocycles. The first-order valence-corrected chi connectivity index (χ1v) is 12.0. The highest BCUT2D eigenvalue weighted by Gasteiger charge is 2.30. The Morgan fingerprint density at radius 3 is 2.54 bits per heavy atom. The van der Waals surface area contributed by atoms with Crippen molar-refractivity contribution < 1.29 is 24.1 Å². The fourth-order valence-corrected chi connectivity index (χ4v) is 4.95. The van der Waals surface area contributed by atoms with Gasteiger partial charge in [0.05, 0.1) is 0 Å². The highest BCUT2D eigenvalue weighted by molar-refractivity contribution is 5.95. The predicted molar refractivity (Wildman–Crippen MR) is 134 cm³/mol. The summed E-state index contributed by atoms with van der Waals surface area (Å²) < 4.78 is 26.7. The van der Waals surface area contributed by atoms with E-state index in [9.17, 15) is 14.6 Å². The van der Waals surface area contributed by atoms with Gasteiger partial charge in [-0.1, -0.05) is 31.2 Å². The molecule has 3 aromatic rings. The average molecular weight is 476 g/mol. The number of phenols is 2. The van der Waals surface area contributed by atoms with Gasteiger partial charge in [-0.3, -0.25) is 4.90 Å². The van der Waals surface area contributed by atoms with E-state index in [2.05, 4.69) is 6.92 Å². The van der Waals surface area contributed by atoms with Crippen molar-refractivity contribution in [1.29, 1.82) is 0 Å². The summed E-state index contributed by atoms with van der Waals surface area (Å²) in [6, 6.07) is 19.6. The van der Waals surface area contributed by atoms with Gasteiger partial charge >= 0.3 is 0 Å². The number of halogens is 1.